The normalized spacial score (nSPS) is 17.5. The zero-order valence-corrected chi connectivity index (χ0v) is 14.5. The number of thiophene rings is 1. The van der Waals surface area contributed by atoms with Gasteiger partial charge in [0.15, 0.2) is 5.82 Å². The quantitative estimate of drug-likeness (QED) is 0.787. The monoisotopic (exact) mass is 349 g/mol. The molecule has 1 aliphatic rings. The van der Waals surface area contributed by atoms with Crippen LogP contribution in [-0.4, -0.2) is 26.2 Å². The molecule has 0 bridgehead atoms. The largest absolute Gasteiger partial charge is 0.337 e. The number of hydrogen-bond donors (Lipinski definition) is 0. The molecule has 1 aliphatic heterocycles. The van der Waals surface area contributed by atoms with E-state index in [9.17, 15) is 9.59 Å². The molecule has 0 radical (unpaired) electrons. The molecule has 0 aromatic carbocycles. The minimum atomic E-state index is -0.330. The third kappa shape index (κ3) is 3.37. The van der Waals surface area contributed by atoms with Gasteiger partial charge in [0.2, 0.25) is 5.89 Å². The van der Waals surface area contributed by atoms with E-state index in [1.807, 2.05) is 38.3 Å². The number of rotatable bonds is 3. The Bertz CT molecular complexity index is 772. The Kier molecular flexibility index (Phi) is 4.11. The van der Waals surface area contributed by atoms with Gasteiger partial charge in [0.05, 0.1) is 4.91 Å². The highest BCUT2D eigenvalue weighted by molar-refractivity contribution is 8.18. The summed E-state index contributed by atoms with van der Waals surface area (Å²) in [6.07, 6.45) is 1.73. The first-order valence-corrected chi connectivity index (χ1v) is 8.66. The molecule has 23 heavy (non-hydrogen) atoms. The summed E-state index contributed by atoms with van der Waals surface area (Å²) >= 11 is 2.44. The van der Waals surface area contributed by atoms with E-state index in [4.69, 9.17) is 4.52 Å². The van der Waals surface area contributed by atoms with E-state index in [0.717, 1.165) is 21.5 Å². The second kappa shape index (κ2) is 5.93. The molecule has 6 nitrogen and oxygen atoms in total. The van der Waals surface area contributed by atoms with Crippen LogP contribution in [0.4, 0.5) is 4.79 Å². The molecule has 0 spiro atoms. The first-order chi connectivity index (χ1) is 10.8. The number of amides is 2. The summed E-state index contributed by atoms with van der Waals surface area (Å²) in [5.74, 6) is 0.479. The van der Waals surface area contributed by atoms with Gasteiger partial charge in [-0.3, -0.25) is 14.5 Å². The van der Waals surface area contributed by atoms with Crippen LogP contribution in [0, 0.1) is 0 Å². The minimum absolute atomic E-state index is 0.00444. The second-order valence-electron chi connectivity index (χ2n) is 6.04. The van der Waals surface area contributed by atoms with E-state index in [-0.39, 0.29) is 29.0 Å². The zero-order chi connectivity index (χ0) is 16.6. The Balaban J connectivity index is 1.77. The van der Waals surface area contributed by atoms with Crippen molar-refractivity contribution in [1.82, 2.24) is 15.0 Å². The van der Waals surface area contributed by atoms with E-state index < -0.39 is 0 Å². The lowest BCUT2D eigenvalue weighted by molar-refractivity contribution is -0.123. The number of imide groups is 1. The lowest BCUT2D eigenvalue weighted by atomic mass is 9.96. The van der Waals surface area contributed by atoms with Gasteiger partial charge < -0.3 is 4.52 Å². The highest BCUT2D eigenvalue weighted by atomic mass is 32.2. The summed E-state index contributed by atoms with van der Waals surface area (Å²) < 4.78 is 5.16. The van der Waals surface area contributed by atoms with Gasteiger partial charge in [-0.2, -0.15) is 4.98 Å². The Labute approximate surface area is 141 Å². The van der Waals surface area contributed by atoms with Crippen LogP contribution >= 0.6 is 23.1 Å². The Morgan fingerprint density at radius 2 is 2.13 bits per heavy atom. The molecule has 0 unspecified atom stereocenters. The molecule has 2 aromatic heterocycles. The minimum Gasteiger partial charge on any atom is -0.337 e. The number of nitrogens with zero attached hydrogens (tertiary/aromatic N) is 3. The molecule has 0 N–H and O–H groups in total. The zero-order valence-electron chi connectivity index (χ0n) is 12.9. The predicted octanol–water partition coefficient (Wildman–Crippen LogP) is 3.67. The average Bonchev–Trinajstić information content (AvgIpc) is 3.17. The smallest absolute Gasteiger partial charge is 0.294 e. The van der Waals surface area contributed by atoms with Crippen LogP contribution < -0.4 is 0 Å². The molecular formula is C15H15N3O3S2. The van der Waals surface area contributed by atoms with Crippen molar-refractivity contribution in [2.45, 2.75) is 32.7 Å². The van der Waals surface area contributed by atoms with Crippen molar-refractivity contribution in [2.24, 2.45) is 0 Å². The molecule has 8 heteroatoms. The van der Waals surface area contributed by atoms with Crippen molar-refractivity contribution in [3.8, 4) is 0 Å². The van der Waals surface area contributed by atoms with Crippen molar-refractivity contribution < 1.29 is 14.1 Å². The van der Waals surface area contributed by atoms with Gasteiger partial charge >= 0.3 is 0 Å². The Hall–Kier alpha value is -1.93. The second-order valence-corrected chi connectivity index (χ2v) is 8.02. The lowest BCUT2D eigenvalue weighted by Crippen LogP contribution is -2.27. The molecular weight excluding hydrogens is 334 g/mol. The molecule has 0 aliphatic carbocycles. The van der Waals surface area contributed by atoms with E-state index >= 15 is 0 Å². The number of carbonyl (C=O) groups excluding carboxylic acids is 2. The van der Waals surface area contributed by atoms with Crippen LogP contribution in [0.5, 0.6) is 0 Å². The number of carbonyl (C=O) groups is 2. The fraction of sp³-hybridized carbons (Fsp3) is 0.333. The number of aromatic nitrogens is 2. The summed E-state index contributed by atoms with van der Waals surface area (Å²) in [6, 6.07) is 3.79. The Morgan fingerprint density at radius 3 is 2.74 bits per heavy atom. The van der Waals surface area contributed by atoms with E-state index in [1.165, 1.54) is 11.3 Å². The average molecular weight is 349 g/mol. The maximum absolute atomic E-state index is 12.4. The first kappa shape index (κ1) is 15.9. The molecule has 3 rings (SSSR count). The molecule has 0 atom stereocenters. The SMILES string of the molecule is CC(C)(C)c1noc(CN2C(=O)SC(=Cc3cccs3)C2=O)n1. The highest BCUT2D eigenvalue weighted by Gasteiger charge is 2.36. The van der Waals surface area contributed by atoms with Crippen LogP contribution in [0.2, 0.25) is 0 Å². The van der Waals surface area contributed by atoms with Crippen molar-refractivity contribution in [3.05, 3.63) is 39.0 Å². The topological polar surface area (TPSA) is 76.3 Å². The van der Waals surface area contributed by atoms with E-state index in [2.05, 4.69) is 10.1 Å². The van der Waals surface area contributed by atoms with Crippen molar-refractivity contribution in [2.75, 3.05) is 0 Å². The molecule has 0 saturated carbocycles. The maximum atomic E-state index is 12.4. The standard InChI is InChI=1S/C15H15N3O3S2/c1-15(2,3)13-16-11(21-17-13)8-18-12(19)10(23-14(18)20)7-9-5-4-6-22-9/h4-7H,8H2,1-3H3. The van der Waals surface area contributed by atoms with Gasteiger partial charge in [0.1, 0.15) is 6.54 Å². The van der Waals surface area contributed by atoms with Gasteiger partial charge in [-0.1, -0.05) is 32.0 Å². The molecule has 2 amide bonds. The van der Waals surface area contributed by atoms with Gasteiger partial charge in [-0.05, 0) is 29.3 Å². The van der Waals surface area contributed by atoms with E-state index in [1.54, 1.807) is 6.08 Å². The van der Waals surface area contributed by atoms with Gasteiger partial charge in [-0.25, -0.2) is 0 Å². The van der Waals surface area contributed by atoms with Crippen LogP contribution in [-0.2, 0) is 16.8 Å². The lowest BCUT2D eigenvalue weighted by Gasteiger charge is -2.11. The summed E-state index contributed by atoms with van der Waals surface area (Å²) in [5, 5.41) is 5.50. The first-order valence-electron chi connectivity index (χ1n) is 6.96. The molecule has 3 heterocycles. The molecule has 120 valence electrons. The predicted molar refractivity (Wildman–Crippen MR) is 88.8 cm³/mol. The summed E-state index contributed by atoms with van der Waals surface area (Å²) in [5.41, 5.74) is -0.250. The third-order valence-corrected chi connectivity index (χ3v) is 4.85. The van der Waals surface area contributed by atoms with Crippen molar-refractivity contribution in [1.29, 1.82) is 0 Å². The van der Waals surface area contributed by atoms with Gasteiger partial charge in [0.25, 0.3) is 11.1 Å². The summed E-state index contributed by atoms with van der Waals surface area (Å²) in [4.78, 5) is 31.2. The fourth-order valence-corrected chi connectivity index (χ4v) is 3.46. The van der Waals surface area contributed by atoms with Crippen molar-refractivity contribution >= 4 is 40.3 Å². The molecule has 1 saturated heterocycles. The summed E-state index contributed by atoms with van der Waals surface area (Å²) in [6.45, 7) is 5.89. The van der Waals surface area contributed by atoms with Gasteiger partial charge in [0, 0.05) is 10.3 Å². The number of hydrogen-bond acceptors (Lipinski definition) is 7. The maximum Gasteiger partial charge on any atom is 0.294 e. The van der Waals surface area contributed by atoms with Crippen LogP contribution in [0.25, 0.3) is 6.08 Å². The summed E-state index contributed by atoms with van der Waals surface area (Å²) in [7, 11) is 0. The van der Waals surface area contributed by atoms with E-state index in [0.29, 0.717) is 10.7 Å². The van der Waals surface area contributed by atoms with Gasteiger partial charge in [-0.15, -0.1) is 11.3 Å². The Morgan fingerprint density at radius 1 is 1.35 bits per heavy atom. The fourth-order valence-electron chi connectivity index (χ4n) is 1.90. The van der Waals surface area contributed by atoms with Crippen LogP contribution in [0.3, 0.4) is 0 Å². The van der Waals surface area contributed by atoms with Crippen LogP contribution in [0.15, 0.2) is 26.9 Å². The molecule has 2 aromatic rings. The third-order valence-electron chi connectivity index (χ3n) is 3.12. The number of thioether (sulfide) groups is 1. The van der Waals surface area contributed by atoms with Crippen molar-refractivity contribution in [3.63, 3.8) is 0 Å². The molecule has 1 fully saturated rings. The van der Waals surface area contributed by atoms with Crippen LogP contribution in [0.1, 0.15) is 37.4 Å². The highest BCUT2D eigenvalue weighted by Crippen LogP contribution is 2.34.